The van der Waals surface area contributed by atoms with Crippen LogP contribution in [0.2, 0.25) is 0 Å². The summed E-state index contributed by atoms with van der Waals surface area (Å²) in [5.41, 5.74) is 0. The number of hydrogen-bond acceptors (Lipinski definition) is 4. The maximum Gasteiger partial charge on any atom is 0.387 e. The number of rotatable bonds is 8. The smallest absolute Gasteiger partial charge is 0.387 e. The van der Waals surface area contributed by atoms with Gasteiger partial charge in [0.1, 0.15) is 10.6 Å². The molecular formula is C11H16F2N2O2S. The largest absolute Gasteiger partial charge is 0.433 e. The minimum Gasteiger partial charge on any atom is -0.433 e. The van der Waals surface area contributed by atoms with E-state index in [2.05, 4.69) is 15.4 Å². The Balaban J connectivity index is 2.39. The van der Waals surface area contributed by atoms with Gasteiger partial charge >= 0.3 is 6.61 Å². The number of alkyl halides is 2. The summed E-state index contributed by atoms with van der Waals surface area (Å²) in [6, 6.07) is 1.36. The van der Waals surface area contributed by atoms with Crippen molar-refractivity contribution in [2.24, 2.45) is 0 Å². The van der Waals surface area contributed by atoms with Crippen LogP contribution in [0.25, 0.3) is 0 Å². The topological polar surface area (TPSA) is 50.4 Å². The SMILES string of the molecule is CCCNCCNC(=O)c1sccc1OC(F)F. The van der Waals surface area contributed by atoms with E-state index in [9.17, 15) is 13.6 Å². The van der Waals surface area contributed by atoms with Crippen LogP contribution < -0.4 is 15.4 Å². The molecule has 0 fully saturated rings. The van der Waals surface area contributed by atoms with Crippen LogP contribution in [0.5, 0.6) is 5.75 Å². The van der Waals surface area contributed by atoms with Gasteiger partial charge in [0.15, 0.2) is 0 Å². The minimum absolute atomic E-state index is 0.0750. The Hall–Kier alpha value is -1.21. The summed E-state index contributed by atoms with van der Waals surface area (Å²) in [6.07, 6.45) is 1.02. The molecule has 1 aromatic rings. The number of nitrogens with one attached hydrogen (secondary N) is 2. The van der Waals surface area contributed by atoms with Gasteiger partial charge in [-0.15, -0.1) is 11.3 Å². The van der Waals surface area contributed by atoms with E-state index in [1.807, 2.05) is 6.92 Å². The maximum absolute atomic E-state index is 12.1. The highest BCUT2D eigenvalue weighted by Crippen LogP contribution is 2.26. The molecule has 0 aliphatic carbocycles. The van der Waals surface area contributed by atoms with Crippen molar-refractivity contribution in [3.63, 3.8) is 0 Å². The Labute approximate surface area is 108 Å². The fourth-order valence-electron chi connectivity index (χ4n) is 1.30. The van der Waals surface area contributed by atoms with E-state index in [1.165, 1.54) is 6.07 Å². The number of carbonyl (C=O) groups excluding carboxylic acids is 1. The molecule has 0 aliphatic heterocycles. The Morgan fingerprint density at radius 2 is 2.22 bits per heavy atom. The van der Waals surface area contributed by atoms with Crippen molar-refractivity contribution in [1.82, 2.24) is 10.6 Å². The van der Waals surface area contributed by atoms with Crippen molar-refractivity contribution < 1.29 is 18.3 Å². The predicted molar refractivity (Wildman–Crippen MR) is 66.4 cm³/mol. The average Bonchev–Trinajstić information content (AvgIpc) is 2.76. The molecule has 0 atom stereocenters. The molecule has 0 aromatic carbocycles. The van der Waals surface area contributed by atoms with Gasteiger partial charge in [-0.3, -0.25) is 4.79 Å². The Morgan fingerprint density at radius 1 is 1.44 bits per heavy atom. The molecule has 18 heavy (non-hydrogen) atoms. The van der Waals surface area contributed by atoms with E-state index in [0.717, 1.165) is 24.3 Å². The van der Waals surface area contributed by atoms with Crippen LogP contribution in [0.3, 0.4) is 0 Å². The van der Waals surface area contributed by atoms with Gasteiger partial charge in [0.2, 0.25) is 0 Å². The van der Waals surface area contributed by atoms with Gasteiger partial charge in [0.05, 0.1) is 0 Å². The highest BCUT2D eigenvalue weighted by Gasteiger charge is 2.16. The molecule has 2 N–H and O–H groups in total. The lowest BCUT2D eigenvalue weighted by Crippen LogP contribution is -2.31. The van der Waals surface area contributed by atoms with E-state index in [4.69, 9.17) is 0 Å². The predicted octanol–water partition coefficient (Wildman–Crippen LogP) is 2.08. The van der Waals surface area contributed by atoms with E-state index >= 15 is 0 Å². The van der Waals surface area contributed by atoms with Crippen molar-refractivity contribution >= 4 is 17.2 Å². The second-order valence-corrected chi connectivity index (χ2v) is 4.41. The van der Waals surface area contributed by atoms with Crippen molar-refractivity contribution in [3.05, 3.63) is 16.3 Å². The third-order valence-corrected chi connectivity index (χ3v) is 2.96. The first kappa shape index (κ1) is 14.8. The number of ether oxygens (including phenoxy) is 1. The summed E-state index contributed by atoms with van der Waals surface area (Å²) in [4.78, 5) is 11.9. The molecular weight excluding hydrogens is 262 g/mol. The first-order chi connectivity index (χ1) is 8.65. The average molecular weight is 278 g/mol. The van der Waals surface area contributed by atoms with Crippen molar-refractivity contribution in [3.8, 4) is 5.75 Å². The number of hydrogen-bond donors (Lipinski definition) is 2. The van der Waals surface area contributed by atoms with Crippen LogP contribution in [0.15, 0.2) is 11.4 Å². The van der Waals surface area contributed by atoms with Crippen molar-refractivity contribution in [2.45, 2.75) is 20.0 Å². The summed E-state index contributed by atoms with van der Waals surface area (Å²) >= 11 is 1.08. The molecule has 1 amide bonds. The van der Waals surface area contributed by atoms with E-state index in [0.29, 0.717) is 13.1 Å². The van der Waals surface area contributed by atoms with Gasteiger partial charge < -0.3 is 15.4 Å². The van der Waals surface area contributed by atoms with Gasteiger partial charge in [0.25, 0.3) is 5.91 Å². The molecule has 0 bridgehead atoms. The highest BCUT2D eigenvalue weighted by molar-refractivity contribution is 7.12. The Morgan fingerprint density at radius 3 is 2.89 bits per heavy atom. The summed E-state index contributed by atoms with van der Waals surface area (Å²) in [6.45, 7) is 1.11. The fourth-order valence-corrected chi connectivity index (χ4v) is 2.04. The molecule has 1 aromatic heterocycles. The van der Waals surface area contributed by atoms with Crippen LogP contribution in [0.1, 0.15) is 23.0 Å². The molecule has 1 rings (SSSR count). The zero-order valence-corrected chi connectivity index (χ0v) is 10.9. The van der Waals surface area contributed by atoms with Crippen LogP contribution in [0, 0.1) is 0 Å². The van der Waals surface area contributed by atoms with Crippen LogP contribution in [0.4, 0.5) is 8.78 Å². The van der Waals surface area contributed by atoms with Gasteiger partial charge in [-0.1, -0.05) is 6.92 Å². The van der Waals surface area contributed by atoms with Gasteiger partial charge in [0, 0.05) is 13.1 Å². The lowest BCUT2D eigenvalue weighted by molar-refractivity contribution is -0.0498. The van der Waals surface area contributed by atoms with E-state index in [-0.39, 0.29) is 16.5 Å². The van der Waals surface area contributed by atoms with Crippen LogP contribution in [-0.2, 0) is 0 Å². The molecule has 0 unspecified atom stereocenters. The summed E-state index contributed by atoms with van der Waals surface area (Å²) in [5, 5.41) is 7.31. The third-order valence-electron chi connectivity index (χ3n) is 2.07. The fraction of sp³-hybridized carbons (Fsp3) is 0.545. The van der Waals surface area contributed by atoms with Gasteiger partial charge in [-0.2, -0.15) is 8.78 Å². The Bertz CT molecular complexity index is 372. The molecule has 4 nitrogen and oxygen atoms in total. The molecule has 0 spiro atoms. The number of halogens is 2. The number of amides is 1. The summed E-state index contributed by atoms with van der Waals surface area (Å²) in [5.74, 6) is -0.465. The monoisotopic (exact) mass is 278 g/mol. The maximum atomic E-state index is 12.1. The second kappa shape index (κ2) is 7.99. The first-order valence-corrected chi connectivity index (χ1v) is 6.54. The quantitative estimate of drug-likeness (QED) is 0.716. The number of carbonyl (C=O) groups is 1. The van der Waals surface area contributed by atoms with Crippen molar-refractivity contribution in [2.75, 3.05) is 19.6 Å². The van der Waals surface area contributed by atoms with Gasteiger partial charge in [-0.05, 0) is 24.4 Å². The van der Waals surface area contributed by atoms with Crippen LogP contribution in [-0.4, -0.2) is 32.2 Å². The van der Waals surface area contributed by atoms with Crippen molar-refractivity contribution in [1.29, 1.82) is 0 Å². The molecule has 0 saturated carbocycles. The lowest BCUT2D eigenvalue weighted by Gasteiger charge is -2.07. The molecule has 0 aliphatic rings. The lowest BCUT2D eigenvalue weighted by atomic mass is 10.4. The molecule has 0 radical (unpaired) electrons. The molecule has 0 saturated heterocycles. The Kier molecular flexibility index (Phi) is 6.59. The molecule has 7 heteroatoms. The first-order valence-electron chi connectivity index (χ1n) is 5.66. The standard InChI is InChI=1S/C11H16F2N2O2S/c1-2-4-14-5-6-15-10(16)9-8(3-7-18-9)17-11(12)13/h3,7,11,14H,2,4-6H2,1H3,(H,15,16). The minimum atomic E-state index is -2.92. The summed E-state index contributed by atoms with van der Waals surface area (Å²) < 4.78 is 28.4. The van der Waals surface area contributed by atoms with Gasteiger partial charge in [-0.25, -0.2) is 0 Å². The third kappa shape index (κ3) is 4.97. The van der Waals surface area contributed by atoms with E-state index in [1.54, 1.807) is 5.38 Å². The summed E-state index contributed by atoms with van der Waals surface area (Å²) in [7, 11) is 0. The second-order valence-electron chi connectivity index (χ2n) is 3.50. The van der Waals surface area contributed by atoms with Crippen LogP contribution >= 0.6 is 11.3 Å². The van der Waals surface area contributed by atoms with E-state index < -0.39 is 6.61 Å². The molecule has 1 heterocycles. The zero-order valence-electron chi connectivity index (χ0n) is 10.0. The zero-order chi connectivity index (χ0) is 13.4. The number of thiophene rings is 1. The molecule has 102 valence electrons. The highest BCUT2D eigenvalue weighted by atomic mass is 32.1. The normalized spacial score (nSPS) is 10.7.